The van der Waals surface area contributed by atoms with Gasteiger partial charge in [0.25, 0.3) is 11.5 Å². The predicted octanol–water partition coefficient (Wildman–Crippen LogP) is 1.03. The Morgan fingerprint density at radius 3 is 2.48 bits per heavy atom. The molecule has 120 valence electrons. The summed E-state index contributed by atoms with van der Waals surface area (Å²) in [5.74, 6) is -0.974. The largest absolute Gasteiger partial charge is 0.383 e. The second-order valence-electron chi connectivity index (χ2n) is 4.86. The summed E-state index contributed by atoms with van der Waals surface area (Å²) < 4.78 is 6.01. The van der Waals surface area contributed by atoms with Gasteiger partial charge in [-0.15, -0.1) is 0 Å². The number of nitrogens with one attached hydrogen (secondary N) is 1. The molecule has 0 aliphatic carbocycles. The van der Waals surface area contributed by atoms with Crippen LogP contribution in [0.15, 0.2) is 59.5 Å². The Balaban J connectivity index is 2.36. The van der Waals surface area contributed by atoms with Crippen molar-refractivity contribution in [3.05, 3.63) is 70.6 Å². The number of hydrogen-bond acceptors (Lipinski definition) is 4. The summed E-state index contributed by atoms with van der Waals surface area (Å²) in [7, 11) is 1.51. The first-order chi connectivity index (χ1) is 11.1. The van der Waals surface area contributed by atoms with E-state index in [4.69, 9.17) is 4.74 Å². The molecule has 2 aromatic rings. The van der Waals surface area contributed by atoms with Crippen molar-refractivity contribution in [2.75, 3.05) is 20.3 Å². The zero-order chi connectivity index (χ0) is 16.7. The Morgan fingerprint density at radius 1 is 1.13 bits per heavy atom. The number of hydrogen-bond donors (Lipinski definition) is 1. The molecule has 0 aliphatic heterocycles. The highest BCUT2D eigenvalue weighted by molar-refractivity contribution is 6.11. The molecule has 6 nitrogen and oxygen atoms in total. The van der Waals surface area contributed by atoms with E-state index in [0.717, 1.165) is 4.57 Å². The van der Waals surface area contributed by atoms with Crippen molar-refractivity contribution in [3.63, 3.8) is 0 Å². The Kier molecular flexibility index (Phi) is 5.82. The van der Waals surface area contributed by atoms with Crippen LogP contribution >= 0.6 is 0 Å². The summed E-state index contributed by atoms with van der Waals surface area (Å²) in [6.45, 7) is 0.581. The summed E-state index contributed by atoms with van der Waals surface area (Å²) in [5, 5.41) is 2.62. The third-order valence-electron chi connectivity index (χ3n) is 3.29. The van der Waals surface area contributed by atoms with Gasteiger partial charge in [0.2, 0.25) is 0 Å². The van der Waals surface area contributed by atoms with Crippen LogP contribution in [0.25, 0.3) is 0 Å². The first-order valence-corrected chi connectivity index (χ1v) is 7.18. The minimum absolute atomic E-state index is 0.259. The number of benzene rings is 1. The number of rotatable bonds is 7. The average molecular weight is 314 g/mol. The molecular weight excluding hydrogens is 296 g/mol. The van der Waals surface area contributed by atoms with Gasteiger partial charge in [-0.2, -0.15) is 0 Å². The monoisotopic (exact) mass is 314 g/mol. The molecule has 1 atom stereocenters. The molecule has 1 N–H and O–H groups in total. The zero-order valence-corrected chi connectivity index (χ0v) is 12.8. The van der Waals surface area contributed by atoms with Gasteiger partial charge in [-0.05, 0) is 6.07 Å². The Bertz CT molecular complexity index is 725. The van der Waals surface area contributed by atoms with Gasteiger partial charge in [0, 0.05) is 31.5 Å². The van der Waals surface area contributed by atoms with Gasteiger partial charge >= 0.3 is 0 Å². The minimum Gasteiger partial charge on any atom is -0.383 e. The molecule has 1 aromatic heterocycles. The molecule has 1 aromatic carbocycles. The number of ether oxygens (including phenoxy) is 1. The Hall–Kier alpha value is -2.73. The lowest BCUT2D eigenvalue weighted by Gasteiger charge is -2.18. The molecule has 6 heteroatoms. The number of carbonyl (C=O) groups excluding carboxylic acids is 2. The van der Waals surface area contributed by atoms with Crippen molar-refractivity contribution in [2.24, 2.45) is 0 Å². The van der Waals surface area contributed by atoms with Gasteiger partial charge in [-0.1, -0.05) is 36.4 Å². The van der Waals surface area contributed by atoms with Crippen LogP contribution in [-0.4, -0.2) is 36.5 Å². The van der Waals surface area contributed by atoms with Crippen LogP contribution in [-0.2, 0) is 9.53 Å². The molecule has 2 rings (SSSR count). The van der Waals surface area contributed by atoms with Gasteiger partial charge in [0.05, 0.1) is 6.61 Å². The quantitative estimate of drug-likeness (QED) is 0.470. The van der Waals surface area contributed by atoms with E-state index in [1.54, 1.807) is 42.5 Å². The molecule has 0 spiro atoms. The number of nitrogens with zero attached hydrogens (tertiary/aromatic N) is 1. The van der Waals surface area contributed by atoms with E-state index in [-0.39, 0.29) is 6.54 Å². The van der Waals surface area contributed by atoms with Crippen LogP contribution in [0.5, 0.6) is 0 Å². The zero-order valence-electron chi connectivity index (χ0n) is 12.8. The number of aromatic nitrogens is 1. The van der Waals surface area contributed by atoms with E-state index in [2.05, 4.69) is 5.32 Å². The highest BCUT2D eigenvalue weighted by Crippen LogP contribution is 2.13. The fraction of sp³-hybridized carbons (Fsp3) is 0.235. The topological polar surface area (TPSA) is 77.4 Å². The van der Waals surface area contributed by atoms with E-state index < -0.39 is 23.3 Å². The van der Waals surface area contributed by atoms with Crippen LogP contribution in [0.2, 0.25) is 0 Å². The predicted molar refractivity (Wildman–Crippen MR) is 85.4 cm³/mol. The van der Waals surface area contributed by atoms with Gasteiger partial charge in [0.1, 0.15) is 0 Å². The molecule has 0 aliphatic rings. The highest BCUT2D eigenvalue weighted by atomic mass is 16.5. The van der Waals surface area contributed by atoms with Crippen molar-refractivity contribution in [3.8, 4) is 0 Å². The van der Waals surface area contributed by atoms with Crippen LogP contribution < -0.4 is 10.9 Å². The van der Waals surface area contributed by atoms with Crippen LogP contribution in [0.4, 0.5) is 0 Å². The van der Waals surface area contributed by atoms with Crippen LogP contribution in [0.1, 0.15) is 16.4 Å². The fourth-order valence-corrected chi connectivity index (χ4v) is 2.16. The number of Topliss-reactive ketones (excluding diaryl/α,β-unsaturated/α-hetero) is 1. The smallest absolute Gasteiger partial charge is 0.251 e. The van der Waals surface area contributed by atoms with Gasteiger partial charge in [0.15, 0.2) is 11.8 Å². The first-order valence-electron chi connectivity index (χ1n) is 7.18. The molecule has 1 amide bonds. The maximum atomic E-state index is 12.7. The summed E-state index contributed by atoms with van der Waals surface area (Å²) in [6.07, 6.45) is 1.43. The second-order valence-corrected chi connectivity index (χ2v) is 4.86. The van der Waals surface area contributed by atoms with Crippen molar-refractivity contribution >= 4 is 11.7 Å². The number of pyridine rings is 1. The average Bonchev–Trinajstić information content (AvgIpc) is 2.58. The third-order valence-corrected chi connectivity index (χ3v) is 3.29. The van der Waals surface area contributed by atoms with Crippen LogP contribution in [0, 0.1) is 0 Å². The fourth-order valence-electron chi connectivity index (χ4n) is 2.16. The second kappa shape index (κ2) is 8.05. The maximum absolute atomic E-state index is 12.7. The van der Waals surface area contributed by atoms with E-state index in [1.807, 2.05) is 0 Å². The molecule has 0 radical (unpaired) electrons. The molecular formula is C17H18N2O4. The molecule has 0 fully saturated rings. The molecule has 0 bridgehead atoms. The number of carbonyl (C=O) groups is 2. The number of methoxy groups -OCH3 is 1. The molecule has 23 heavy (non-hydrogen) atoms. The molecule has 1 unspecified atom stereocenters. The lowest BCUT2D eigenvalue weighted by atomic mass is 10.0. The van der Waals surface area contributed by atoms with Crippen LogP contribution in [0.3, 0.4) is 0 Å². The highest BCUT2D eigenvalue weighted by Gasteiger charge is 2.29. The maximum Gasteiger partial charge on any atom is 0.251 e. The standard InChI is InChI=1S/C17H18N2O4/c1-23-12-10-18-17(22)15(19-11-6-5-9-14(19)20)16(21)13-7-3-2-4-8-13/h2-9,11,15H,10,12H2,1H3,(H,18,22). The summed E-state index contributed by atoms with van der Waals surface area (Å²) >= 11 is 0. The van der Waals surface area contributed by atoms with Gasteiger partial charge < -0.3 is 10.1 Å². The first kappa shape index (κ1) is 16.6. The Morgan fingerprint density at radius 2 is 1.83 bits per heavy atom. The van der Waals surface area contributed by atoms with E-state index in [1.165, 1.54) is 19.4 Å². The summed E-state index contributed by atoms with van der Waals surface area (Å²) in [4.78, 5) is 37.2. The number of ketones is 1. The summed E-state index contributed by atoms with van der Waals surface area (Å²) in [5.41, 5.74) is -0.0428. The summed E-state index contributed by atoms with van der Waals surface area (Å²) in [6, 6.07) is 11.7. The number of amides is 1. The van der Waals surface area contributed by atoms with Gasteiger partial charge in [-0.3, -0.25) is 19.0 Å². The lowest BCUT2D eigenvalue weighted by Crippen LogP contribution is -2.42. The van der Waals surface area contributed by atoms with Crippen molar-refractivity contribution in [1.82, 2.24) is 9.88 Å². The van der Waals surface area contributed by atoms with E-state index in [0.29, 0.717) is 12.2 Å². The Labute approximate surface area is 133 Å². The molecule has 1 heterocycles. The molecule has 0 saturated carbocycles. The lowest BCUT2D eigenvalue weighted by molar-refractivity contribution is -0.123. The van der Waals surface area contributed by atoms with Gasteiger partial charge in [-0.25, -0.2) is 0 Å². The van der Waals surface area contributed by atoms with E-state index >= 15 is 0 Å². The third kappa shape index (κ3) is 4.14. The normalized spacial score (nSPS) is 11.7. The van der Waals surface area contributed by atoms with Crippen molar-refractivity contribution in [2.45, 2.75) is 6.04 Å². The van der Waals surface area contributed by atoms with E-state index in [9.17, 15) is 14.4 Å². The molecule has 0 saturated heterocycles. The minimum atomic E-state index is -1.25. The van der Waals surface area contributed by atoms with Crippen molar-refractivity contribution in [1.29, 1.82) is 0 Å². The van der Waals surface area contributed by atoms with Crippen molar-refractivity contribution < 1.29 is 14.3 Å². The SMILES string of the molecule is COCCNC(=O)C(C(=O)c1ccccc1)n1ccccc1=O.